The second-order valence-electron chi connectivity index (χ2n) is 8.45. The predicted octanol–water partition coefficient (Wildman–Crippen LogP) is 0.449. The zero-order valence-corrected chi connectivity index (χ0v) is 18.4. The molecule has 3 unspecified atom stereocenters. The van der Waals surface area contributed by atoms with E-state index >= 15 is 0 Å². The van der Waals surface area contributed by atoms with Crippen LogP contribution in [0.1, 0.15) is 32.2 Å². The molecule has 3 aliphatic rings. The van der Waals surface area contributed by atoms with Crippen molar-refractivity contribution in [3.8, 4) is 5.75 Å². The van der Waals surface area contributed by atoms with Gasteiger partial charge in [-0.2, -0.15) is 0 Å². The summed E-state index contributed by atoms with van der Waals surface area (Å²) in [4.78, 5) is 44.5. The molecule has 11 nitrogen and oxygen atoms in total. The van der Waals surface area contributed by atoms with E-state index in [0.29, 0.717) is 29.0 Å². The third-order valence-corrected chi connectivity index (χ3v) is 6.42. The molecule has 6 rings (SSSR count). The van der Waals surface area contributed by atoms with Crippen LogP contribution in [0.2, 0.25) is 0 Å². The molecule has 3 atom stereocenters. The van der Waals surface area contributed by atoms with Crippen LogP contribution in [0.4, 0.5) is 0 Å². The lowest BCUT2D eigenvalue weighted by Crippen LogP contribution is -2.65. The maximum absolute atomic E-state index is 13.4. The number of nitrogens with zero attached hydrogens (tertiary/aromatic N) is 2. The van der Waals surface area contributed by atoms with Crippen LogP contribution >= 0.6 is 0 Å². The average Bonchev–Trinajstić information content (AvgIpc) is 3.32. The summed E-state index contributed by atoms with van der Waals surface area (Å²) in [6.07, 6.45) is -0.820. The van der Waals surface area contributed by atoms with Crippen LogP contribution in [0.5, 0.6) is 5.75 Å². The second-order valence-corrected chi connectivity index (χ2v) is 8.45. The minimum absolute atomic E-state index is 0.00334. The molecule has 2 saturated heterocycles. The topological polar surface area (TPSA) is 138 Å². The molecular weight excluding hydrogens is 442 g/mol. The summed E-state index contributed by atoms with van der Waals surface area (Å²) < 4.78 is 16.8. The molecule has 0 spiro atoms. The maximum atomic E-state index is 13.4. The van der Waals surface area contributed by atoms with Gasteiger partial charge in [-0.3, -0.25) is 19.7 Å². The monoisotopic (exact) mass is 463 g/mol. The number of carbonyl (C=O) groups excluding carboxylic acids is 3. The van der Waals surface area contributed by atoms with Gasteiger partial charge in [-0.1, -0.05) is 6.07 Å². The lowest BCUT2D eigenvalue weighted by Gasteiger charge is -2.36. The van der Waals surface area contributed by atoms with Crippen LogP contribution in [0, 0.1) is 0 Å². The molecule has 3 aromatic rings. The first-order valence-corrected chi connectivity index (χ1v) is 10.8. The highest BCUT2D eigenvalue weighted by atomic mass is 16.6. The summed E-state index contributed by atoms with van der Waals surface area (Å²) in [7, 11) is 3.06. The highest BCUT2D eigenvalue weighted by Crippen LogP contribution is 2.38. The molecule has 0 aliphatic carbocycles. The number of amides is 3. The zero-order chi connectivity index (χ0) is 23.6. The molecule has 3 amide bonds. The Hall–Kier alpha value is -3.96. The van der Waals surface area contributed by atoms with Crippen molar-refractivity contribution in [3.63, 3.8) is 0 Å². The zero-order valence-electron chi connectivity index (χ0n) is 18.4. The third kappa shape index (κ3) is 3.05. The van der Waals surface area contributed by atoms with E-state index in [1.165, 1.54) is 7.05 Å². The molecule has 1 aromatic carbocycles. The van der Waals surface area contributed by atoms with Crippen LogP contribution in [0.3, 0.4) is 0 Å². The van der Waals surface area contributed by atoms with Gasteiger partial charge in [0, 0.05) is 25.2 Å². The molecule has 0 bridgehead atoms. The van der Waals surface area contributed by atoms with Gasteiger partial charge in [0.15, 0.2) is 23.6 Å². The number of pyridine rings is 1. The standard InChI is InChI=1S/C23H21N5O6/c1-24-18(29)14-5-6-16-15(25-14)8-17(33-16)23(22(31)26-19-20(27-23)34-19)10-28-9-11-3-4-12(32-2)7-13(11)21(28)30/h3-8,19-20,27H,9-10H2,1-2H3,(H,24,29)(H,26,31). The summed E-state index contributed by atoms with van der Waals surface area (Å²) in [5.41, 5.74) is 1.03. The molecule has 2 aromatic heterocycles. The quantitative estimate of drug-likeness (QED) is 0.464. The largest absolute Gasteiger partial charge is 0.497 e. The Kier molecular flexibility index (Phi) is 4.41. The van der Waals surface area contributed by atoms with Gasteiger partial charge in [0.1, 0.15) is 22.7 Å². The first kappa shape index (κ1) is 20.6. The Morgan fingerprint density at radius 3 is 2.91 bits per heavy atom. The van der Waals surface area contributed by atoms with Crippen LogP contribution in [0.15, 0.2) is 40.8 Å². The van der Waals surface area contributed by atoms with Gasteiger partial charge in [-0.05, 0) is 29.8 Å². The number of methoxy groups -OCH3 is 1. The van der Waals surface area contributed by atoms with Crippen LogP contribution in [-0.2, 0) is 21.6 Å². The molecule has 5 heterocycles. The molecule has 11 heteroatoms. The highest BCUT2D eigenvalue weighted by Gasteiger charge is 2.59. The van der Waals surface area contributed by atoms with E-state index in [1.54, 1.807) is 42.3 Å². The molecule has 3 aliphatic heterocycles. The number of nitrogens with one attached hydrogen (secondary N) is 3. The molecule has 0 radical (unpaired) electrons. The number of epoxide rings is 1. The number of piperazine rings is 1. The van der Waals surface area contributed by atoms with E-state index < -0.39 is 18.0 Å². The van der Waals surface area contributed by atoms with Crippen molar-refractivity contribution in [1.29, 1.82) is 0 Å². The molecule has 34 heavy (non-hydrogen) atoms. The van der Waals surface area contributed by atoms with E-state index in [4.69, 9.17) is 13.9 Å². The number of carbonyl (C=O) groups is 3. The summed E-state index contributed by atoms with van der Waals surface area (Å²) in [6, 6.07) is 10.1. The van der Waals surface area contributed by atoms with Gasteiger partial charge in [-0.25, -0.2) is 4.98 Å². The summed E-state index contributed by atoms with van der Waals surface area (Å²) >= 11 is 0. The number of hydrogen-bond acceptors (Lipinski definition) is 8. The van der Waals surface area contributed by atoms with Crippen molar-refractivity contribution in [2.75, 3.05) is 20.7 Å². The molecular formula is C23H21N5O6. The van der Waals surface area contributed by atoms with Crippen molar-refractivity contribution in [1.82, 2.24) is 25.8 Å². The molecule has 174 valence electrons. The van der Waals surface area contributed by atoms with Gasteiger partial charge in [0.25, 0.3) is 17.7 Å². The third-order valence-electron chi connectivity index (χ3n) is 6.42. The number of aromatic nitrogens is 1. The number of rotatable bonds is 5. The fourth-order valence-electron chi connectivity index (χ4n) is 4.54. The summed E-state index contributed by atoms with van der Waals surface area (Å²) in [5.74, 6) is -0.0625. The van der Waals surface area contributed by atoms with Gasteiger partial charge < -0.3 is 29.4 Å². The van der Waals surface area contributed by atoms with Gasteiger partial charge in [-0.15, -0.1) is 0 Å². The van der Waals surface area contributed by atoms with Crippen LogP contribution in [-0.4, -0.2) is 60.8 Å². The Morgan fingerprint density at radius 1 is 1.26 bits per heavy atom. The molecule has 2 fully saturated rings. The highest BCUT2D eigenvalue weighted by molar-refractivity contribution is 6.00. The predicted molar refractivity (Wildman–Crippen MR) is 117 cm³/mol. The van der Waals surface area contributed by atoms with E-state index in [0.717, 1.165) is 5.56 Å². The number of fused-ring (bicyclic) bond motifs is 3. The van der Waals surface area contributed by atoms with Crippen molar-refractivity contribution in [3.05, 3.63) is 59.0 Å². The normalized spacial score (nSPS) is 25.1. The minimum Gasteiger partial charge on any atom is -0.497 e. The fourth-order valence-corrected chi connectivity index (χ4v) is 4.54. The lowest BCUT2D eigenvalue weighted by molar-refractivity contribution is -0.131. The number of benzene rings is 1. The van der Waals surface area contributed by atoms with Crippen molar-refractivity contribution in [2.24, 2.45) is 0 Å². The number of hydrogen-bond donors (Lipinski definition) is 3. The SMILES string of the molecule is CNC(=O)c1ccc2oc(C3(CN4Cc5ccc(OC)cc5C4=O)NC4OC4NC3=O)cc2n1. The van der Waals surface area contributed by atoms with Crippen LogP contribution < -0.4 is 20.7 Å². The lowest BCUT2D eigenvalue weighted by atomic mass is 9.92. The Bertz CT molecular complexity index is 1370. The Balaban J connectivity index is 1.39. The Morgan fingerprint density at radius 2 is 2.12 bits per heavy atom. The van der Waals surface area contributed by atoms with E-state index in [9.17, 15) is 14.4 Å². The van der Waals surface area contributed by atoms with E-state index in [2.05, 4.69) is 20.9 Å². The van der Waals surface area contributed by atoms with Crippen molar-refractivity contribution in [2.45, 2.75) is 24.5 Å². The maximum Gasteiger partial charge on any atom is 0.269 e. The van der Waals surface area contributed by atoms with Gasteiger partial charge in [0.2, 0.25) is 0 Å². The minimum atomic E-state index is -1.41. The molecule has 0 saturated carbocycles. The average molecular weight is 463 g/mol. The second kappa shape index (κ2) is 7.27. The van der Waals surface area contributed by atoms with Gasteiger partial charge in [0.05, 0.1) is 13.7 Å². The summed E-state index contributed by atoms with van der Waals surface area (Å²) in [5, 5.41) is 8.58. The fraction of sp³-hybridized carbons (Fsp3) is 0.304. The van der Waals surface area contributed by atoms with Crippen molar-refractivity contribution < 1.29 is 28.3 Å². The number of ether oxygens (including phenoxy) is 2. The smallest absolute Gasteiger partial charge is 0.269 e. The van der Waals surface area contributed by atoms with E-state index in [-0.39, 0.29) is 35.7 Å². The Labute approximate surface area is 193 Å². The molecule has 3 N–H and O–H groups in total. The first-order chi connectivity index (χ1) is 16.4. The number of furan rings is 1. The van der Waals surface area contributed by atoms with E-state index in [1.807, 2.05) is 6.07 Å². The summed E-state index contributed by atoms with van der Waals surface area (Å²) in [6.45, 7) is 0.340. The van der Waals surface area contributed by atoms with Gasteiger partial charge >= 0.3 is 0 Å². The first-order valence-electron chi connectivity index (χ1n) is 10.8. The van der Waals surface area contributed by atoms with Crippen LogP contribution in [0.25, 0.3) is 11.1 Å². The van der Waals surface area contributed by atoms with Crippen molar-refractivity contribution >= 4 is 28.8 Å².